The van der Waals surface area contributed by atoms with E-state index < -0.39 is 0 Å². The predicted molar refractivity (Wildman–Crippen MR) is 91.8 cm³/mol. The zero-order valence-corrected chi connectivity index (χ0v) is 13.8. The lowest BCUT2D eigenvalue weighted by molar-refractivity contribution is -0.659. The predicted octanol–water partition coefficient (Wildman–Crippen LogP) is 4.55. The van der Waals surface area contributed by atoms with Crippen LogP contribution < -0.4 is 4.57 Å². The van der Waals surface area contributed by atoms with Crippen LogP contribution in [0.5, 0.6) is 0 Å². The monoisotopic (exact) mass is 291 g/mol. The van der Waals surface area contributed by atoms with Crippen LogP contribution in [-0.4, -0.2) is 4.98 Å². The lowest BCUT2D eigenvalue weighted by Crippen LogP contribution is -2.30. The molecule has 0 amide bonds. The smallest absolute Gasteiger partial charge is 0.220 e. The van der Waals surface area contributed by atoms with Gasteiger partial charge in [0.1, 0.15) is 7.05 Å². The Hall–Kier alpha value is -2.22. The van der Waals surface area contributed by atoms with Crippen molar-refractivity contribution >= 4 is 10.8 Å². The number of rotatable bonds is 3. The van der Waals surface area contributed by atoms with E-state index in [1.807, 2.05) is 12.4 Å². The molecule has 3 aromatic rings. The Balaban J connectivity index is 2.26. The second-order valence-corrected chi connectivity index (χ2v) is 6.12. The quantitative estimate of drug-likeness (QED) is 0.647. The van der Waals surface area contributed by atoms with Gasteiger partial charge in [-0.2, -0.15) is 0 Å². The summed E-state index contributed by atoms with van der Waals surface area (Å²) in [7, 11) is 2.11. The van der Waals surface area contributed by atoms with Gasteiger partial charge in [-0.15, -0.1) is 0 Å². The SMILES string of the molecule is CCC(C)c1ccc2c(-c3ccncc3C)[n+](C)ccc2c1. The van der Waals surface area contributed by atoms with E-state index in [9.17, 15) is 0 Å². The fourth-order valence-electron chi connectivity index (χ4n) is 3.01. The number of benzene rings is 1. The number of pyridine rings is 2. The Bertz CT molecular complexity index is 821. The van der Waals surface area contributed by atoms with Crippen molar-refractivity contribution < 1.29 is 4.57 Å². The Morgan fingerprint density at radius 3 is 2.73 bits per heavy atom. The van der Waals surface area contributed by atoms with Crippen LogP contribution in [0, 0.1) is 6.92 Å². The molecule has 0 radical (unpaired) electrons. The van der Waals surface area contributed by atoms with Crippen LogP contribution >= 0.6 is 0 Å². The number of hydrogen-bond acceptors (Lipinski definition) is 1. The molecule has 2 heteroatoms. The van der Waals surface area contributed by atoms with Crippen LogP contribution in [-0.2, 0) is 7.05 Å². The van der Waals surface area contributed by atoms with Gasteiger partial charge in [-0.1, -0.05) is 26.0 Å². The van der Waals surface area contributed by atoms with E-state index in [1.54, 1.807) is 0 Å². The van der Waals surface area contributed by atoms with Gasteiger partial charge in [0, 0.05) is 18.5 Å². The van der Waals surface area contributed by atoms with E-state index in [-0.39, 0.29) is 0 Å². The van der Waals surface area contributed by atoms with Crippen molar-refractivity contribution in [2.24, 2.45) is 7.05 Å². The Labute approximate surface area is 132 Å². The molecular weight excluding hydrogens is 268 g/mol. The first-order valence-corrected chi connectivity index (χ1v) is 7.95. The summed E-state index contributed by atoms with van der Waals surface area (Å²) in [6, 6.07) is 11.2. The highest BCUT2D eigenvalue weighted by molar-refractivity contribution is 5.93. The summed E-state index contributed by atoms with van der Waals surface area (Å²) in [5, 5.41) is 2.61. The van der Waals surface area contributed by atoms with Gasteiger partial charge >= 0.3 is 0 Å². The van der Waals surface area contributed by atoms with Crippen molar-refractivity contribution in [3.63, 3.8) is 0 Å². The molecule has 3 rings (SSSR count). The minimum atomic E-state index is 0.601. The lowest BCUT2D eigenvalue weighted by atomic mass is 9.94. The molecule has 0 aliphatic carbocycles. The third kappa shape index (κ3) is 2.50. The first-order chi connectivity index (χ1) is 10.6. The fraction of sp³-hybridized carbons (Fsp3) is 0.300. The van der Waals surface area contributed by atoms with Gasteiger partial charge in [-0.3, -0.25) is 4.98 Å². The van der Waals surface area contributed by atoms with E-state index in [4.69, 9.17) is 0 Å². The van der Waals surface area contributed by atoms with Gasteiger partial charge in [-0.05, 0) is 47.9 Å². The summed E-state index contributed by atoms with van der Waals surface area (Å²) < 4.78 is 2.20. The van der Waals surface area contributed by atoms with Gasteiger partial charge in [-0.25, -0.2) is 4.57 Å². The van der Waals surface area contributed by atoms with E-state index in [0.29, 0.717) is 5.92 Å². The molecule has 1 atom stereocenters. The molecule has 22 heavy (non-hydrogen) atoms. The second kappa shape index (κ2) is 5.88. The molecule has 0 aliphatic heterocycles. The summed E-state index contributed by atoms with van der Waals surface area (Å²) in [5.41, 5.74) is 5.13. The maximum absolute atomic E-state index is 4.22. The van der Waals surface area contributed by atoms with Crippen LogP contribution in [0.25, 0.3) is 22.0 Å². The molecule has 1 aromatic carbocycles. The molecule has 2 aromatic heterocycles. The minimum Gasteiger partial charge on any atom is -0.264 e. The molecular formula is C20H23N2+. The second-order valence-electron chi connectivity index (χ2n) is 6.12. The maximum atomic E-state index is 4.22. The van der Waals surface area contributed by atoms with Gasteiger partial charge in [0.2, 0.25) is 5.69 Å². The van der Waals surface area contributed by atoms with Gasteiger partial charge in [0.25, 0.3) is 0 Å². The molecule has 0 saturated heterocycles. The normalized spacial score (nSPS) is 12.5. The fourth-order valence-corrected chi connectivity index (χ4v) is 3.01. The molecule has 2 nitrogen and oxygen atoms in total. The van der Waals surface area contributed by atoms with Crippen molar-refractivity contribution in [3.05, 3.63) is 60.0 Å². The molecule has 1 unspecified atom stereocenters. The highest BCUT2D eigenvalue weighted by Gasteiger charge is 2.17. The number of hydrogen-bond donors (Lipinski definition) is 0. The highest BCUT2D eigenvalue weighted by atomic mass is 14.9. The van der Waals surface area contributed by atoms with E-state index in [2.05, 4.69) is 73.9 Å². The third-order valence-electron chi connectivity index (χ3n) is 4.62. The summed E-state index contributed by atoms with van der Waals surface area (Å²) in [6.07, 6.45) is 7.12. The van der Waals surface area contributed by atoms with Crippen molar-refractivity contribution in [3.8, 4) is 11.3 Å². The number of aromatic nitrogens is 2. The van der Waals surface area contributed by atoms with E-state index in [0.717, 1.165) is 0 Å². The van der Waals surface area contributed by atoms with Crippen LogP contribution in [0.4, 0.5) is 0 Å². The number of aryl methyl sites for hydroxylation is 2. The zero-order chi connectivity index (χ0) is 15.7. The average molecular weight is 291 g/mol. The zero-order valence-electron chi connectivity index (χ0n) is 13.8. The first-order valence-electron chi connectivity index (χ1n) is 7.95. The first kappa shape index (κ1) is 14.7. The average Bonchev–Trinajstić information content (AvgIpc) is 2.54. The summed E-state index contributed by atoms with van der Waals surface area (Å²) in [4.78, 5) is 4.22. The van der Waals surface area contributed by atoms with Crippen LogP contribution in [0.2, 0.25) is 0 Å². The minimum absolute atomic E-state index is 0.601. The Kier molecular flexibility index (Phi) is 3.93. The molecule has 2 heterocycles. The largest absolute Gasteiger partial charge is 0.264 e. The lowest BCUT2D eigenvalue weighted by Gasteiger charge is -2.12. The highest BCUT2D eigenvalue weighted by Crippen LogP contribution is 2.30. The maximum Gasteiger partial charge on any atom is 0.220 e. The molecule has 0 saturated carbocycles. The van der Waals surface area contributed by atoms with Gasteiger partial charge in [0.05, 0.1) is 10.9 Å². The van der Waals surface area contributed by atoms with Crippen molar-refractivity contribution in [1.29, 1.82) is 0 Å². The molecule has 0 N–H and O–H groups in total. The van der Waals surface area contributed by atoms with Gasteiger partial charge in [0.15, 0.2) is 6.20 Å². The van der Waals surface area contributed by atoms with Gasteiger partial charge < -0.3 is 0 Å². The molecule has 0 spiro atoms. The standard InChI is InChI=1S/C20H23N2/c1-5-14(2)16-6-7-19-17(12-16)9-11-22(4)20(19)18-8-10-21-13-15(18)3/h6-14H,5H2,1-4H3/q+1. The van der Waals surface area contributed by atoms with Crippen LogP contribution in [0.15, 0.2) is 48.9 Å². The van der Waals surface area contributed by atoms with Crippen LogP contribution in [0.1, 0.15) is 37.3 Å². The van der Waals surface area contributed by atoms with Crippen molar-refractivity contribution in [2.45, 2.75) is 33.1 Å². The van der Waals surface area contributed by atoms with Crippen molar-refractivity contribution in [1.82, 2.24) is 4.98 Å². The number of nitrogens with zero attached hydrogens (tertiary/aromatic N) is 2. The summed E-state index contributed by atoms with van der Waals surface area (Å²) >= 11 is 0. The van der Waals surface area contributed by atoms with Crippen molar-refractivity contribution in [2.75, 3.05) is 0 Å². The topological polar surface area (TPSA) is 16.8 Å². The summed E-state index contributed by atoms with van der Waals surface area (Å²) in [5.74, 6) is 0.601. The Morgan fingerprint density at radius 1 is 1.18 bits per heavy atom. The van der Waals surface area contributed by atoms with E-state index >= 15 is 0 Å². The Morgan fingerprint density at radius 2 is 2.00 bits per heavy atom. The molecule has 0 fully saturated rings. The number of fused-ring (bicyclic) bond motifs is 1. The van der Waals surface area contributed by atoms with Crippen LogP contribution in [0.3, 0.4) is 0 Å². The third-order valence-corrected chi connectivity index (χ3v) is 4.62. The molecule has 112 valence electrons. The molecule has 0 bridgehead atoms. The molecule has 0 aliphatic rings. The van der Waals surface area contributed by atoms with E-state index in [1.165, 1.54) is 39.6 Å². The summed E-state index contributed by atoms with van der Waals surface area (Å²) in [6.45, 7) is 6.65.